The highest BCUT2D eigenvalue weighted by Crippen LogP contribution is 2.33. The van der Waals surface area contributed by atoms with Crippen molar-refractivity contribution in [2.45, 2.75) is 19.9 Å². The van der Waals surface area contributed by atoms with Gasteiger partial charge in [0, 0.05) is 19.2 Å². The second-order valence-corrected chi connectivity index (χ2v) is 7.03. The number of carbonyl (C=O) groups excluding carboxylic acids is 2. The smallest absolute Gasteiger partial charge is 0.278 e. The molecule has 1 N–H and O–H groups in total. The third-order valence-corrected chi connectivity index (χ3v) is 4.86. The van der Waals surface area contributed by atoms with E-state index in [2.05, 4.69) is 0 Å². The minimum atomic E-state index is -0.513. The first-order chi connectivity index (χ1) is 14.5. The van der Waals surface area contributed by atoms with Gasteiger partial charge in [-0.3, -0.25) is 14.5 Å². The van der Waals surface area contributed by atoms with Crippen LogP contribution in [0.15, 0.2) is 54.2 Å². The molecule has 0 fully saturated rings. The van der Waals surface area contributed by atoms with Crippen molar-refractivity contribution in [3.63, 3.8) is 0 Å². The molecule has 2 aromatic rings. The molecule has 2 aromatic carbocycles. The number of hydrogen-bond donors (Lipinski definition) is 1. The number of aliphatic hydroxyl groups is 1. The van der Waals surface area contributed by atoms with Gasteiger partial charge in [0.2, 0.25) is 0 Å². The van der Waals surface area contributed by atoms with Crippen molar-refractivity contribution < 1.29 is 23.8 Å². The molecule has 7 heteroatoms. The molecule has 3 rings (SSSR count). The normalized spacial score (nSPS) is 13.9. The summed E-state index contributed by atoms with van der Waals surface area (Å²) in [7, 11) is 1.64. The summed E-state index contributed by atoms with van der Waals surface area (Å²) in [6.45, 7) is 2.44. The van der Waals surface area contributed by atoms with Crippen LogP contribution in [0.4, 0.5) is 4.39 Å². The van der Waals surface area contributed by atoms with Gasteiger partial charge in [0.25, 0.3) is 11.8 Å². The van der Waals surface area contributed by atoms with Gasteiger partial charge in [-0.1, -0.05) is 37.3 Å². The number of likely N-dealkylation sites (N-methyl/N-ethyl adjacent to an activating group) is 1. The number of carbonyl (C=O) groups is 2. The highest BCUT2D eigenvalue weighted by molar-refractivity contribution is 6.35. The Morgan fingerprint density at radius 1 is 1.07 bits per heavy atom. The van der Waals surface area contributed by atoms with Crippen molar-refractivity contribution in [3.05, 3.63) is 71.2 Å². The van der Waals surface area contributed by atoms with Gasteiger partial charge in [-0.05, 0) is 30.2 Å². The van der Waals surface area contributed by atoms with E-state index in [1.54, 1.807) is 54.4 Å². The average molecular weight is 412 g/mol. The zero-order chi connectivity index (χ0) is 21.7. The van der Waals surface area contributed by atoms with Crippen molar-refractivity contribution in [2.24, 2.45) is 0 Å². The lowest BCUT2D eigenvalue weighted by Gasteiger charge is -2.20. The van der Waals surface area contributed by atoms with Gasteiger partial charge in [-0.2, -0.15) is 0 Å². The van der Waals surface area contributed by atoms with E-state index in [0.29, 0.717) is 17.9 Å². The molecule has 0 spiro atoms. The average Bonchev–Trinajstić information content (AvgIpc) is 2.99. The van der Waals surface area contributed by atoms with E-state index in [-0.39, 0.29) is 36.5 Å². The predicted octanol–water partition coefficient (Wildman–Crippen LogP) is 2.82. The van der Waals surface area contributed by atoms with Crippen molar-refractivity contribution in [1.82, 2.24) is 9.80 Å². The fourth-order valence-corrected chi connectivity index (χ4v) is 3.32. The highest BCUT2D eigenvalue weighted by Gasteiger charge is 2.40. The van der Waals surface area contributed by atoms with Gasteiger partial charge in [-0.25, -0.2) is 4.39 Å². The number of rotatable bonds is 9. The molecule has 30 heavy (non-hydrogen) atoms. The van der Waals surface area contributed by atoms with Crippen molar-refractivity contribution in [1.29, 1.82) is 0 Å². The molecule has 0 saturated heterocycles. The first-order valence-electron chi connectivity index (χ1n) is 9.87. The van der Waals surface area contributed by atoms with Gasteiger partial charge in [0.15, 0.2) is 0 Å². The number of ether oxygens (including phenoxy) is 1. The summed E-state index contributed by atoms with van der Waals surface area (Å²) in [4.78, 5) is 28.9. The van der Waals surface area contributed by atoms with Gasteiger partial charge in [0.1, 0.15) is 17.3 Å². The van der Waals surface area contributed by atoms with Crippen molar-refractivity contribution >= 4 is 17.4 Å². The number of benzene rings is 2. The Bertz CT molecular complexity index is 956. The minimum absolute atomic E-state index is 0.165. The number of halogens is 1. The first kappa shape index (κ1) is 21.5. The molecule has 0 aromatic heterocycles. The molecular weight excluding hydrogens is 387 g/mol. The predicted molar refractivity (Wildman–Crippen MR) is 111 cm³/mol. The zero-order valence-corrected chi connectivity index (χ0v) is 17.1. The fourth-order valence-electron chi connectivity index (χ4n) is 3.32. The lowest BCUT2D eigenvalue weighted by atomic mass is 10.0. The van der Waals surface area contributed by atoms with Crippen LogP contribution in [0.25, 0.3) is 5.57 Å². The molecule has 0 saturated carbocycles. The van der Waals surface area contributed by atoms with Crippen LogP contribution in [-0.4, -0.2) is 53.5 Å². The number of hydrogen-bond acceptors (Lipinski definition) is 5. The maximum absolute atomic E-state index is 14.1. The molecule has 0 unspecified atom stereocenters. The second kappa shape index (κ2) is 9.54. The first-order valence-corrected chi connectivity index (χ1v) is 9.87. The van der Waals surface area contributed by atoms with Gasteiger partial charge in [0.05, 0.1) is 25.3 Å². The van der Waals surface area contributed by atoms with Crippen LogP contribution in [0.5, 0.6) is 5.75 Å². The van der Waals surface area contributed by atoms with Crippen LogP contribution in [-0.2, 0) is 16.1 Å². The molecule has 158 valence electrons. The quantitative estimate of drug-likeness (QED) is 0.642. The topological polar surface area (TPSA) is 70.1 Å². The Morgan fingerprint density at radius 2 is 1.77 bits per heavy atom. The number of imide groups is 1. The summed E-state index contributed by atoms with van der Waals surface area (Å²) in [5.74, 6) is -0.813. The number of amides is 2. The third-order valence-electron chi connectivity index (χ3n) is 4.86. The fraction of sp³-hybridized carbons (Fsp3) is 0.304. The molecule has 1 aliphatic rings. The molecule has 0 radical (unpaired) electrons. The maximum atomic E-state index is 14.1. The summed E-state index contributed by atoms with van der Waals surface area (Å²) in [5.41, 5.74) is 1.24. The molecule has 6 nitrogen and oxygen atoms in total. The van der Waals surface area contributed by atoms with Crippen LogP contribution in [0.2, 0.25) is 0 Å². The molecule has 0 aliphatic carbocycles. The van der Waals surface area contributed by atoms with Crippen LogP contribution in [0.1, 0.15) is 24.5 Å². The Hall–Kier alpha value is -3.19. The van der Waals surface area contributed by atoms with Crippen molar-refractivity contribution in [2.75, 3.05) is 26.8 Å². The van der Waals surface area contributed by atoms with Crippen LogP contribution in [0.3, 0.4) is 0 Å². The molecule has 2 amide bonds. The van der Waals surface area contributed by atoms with Gasteiger partial charge < -0.3 is 14.7 Å². The summed E-state index contributed by atoms with van der Waals surface area (Å²) in [6.07, 6.45) is 0.876. The van der Waals surface area contributed by atoms with E-state index < -0.39 is 17.6 Å². The lowest BCUT2D eigenvalue weighted by molar-refractivity contribution is -0.138. The molecular formula is C23H25FN2O4. The van der Waals surface area contributed by atoms with E-state index in [1.165, 1.54) is 6.07 Å². The van der Waals surface area contributed by atoms with E-state index in [9.17, 15) is 19.1 Å². The Balaban J connectivity index is 1.96. The molecule has 1 heterocycles. The van der Waals surface area contributed by atoms with Crippen LogP contribution >= 0.6 is 0 Å². The molecule has 0 bridgehead atoms. The second-order valence-electron chi connectivity index (χ2n) is 7.03. The van der Waals surface area contributed by atoms with E-state index in [4.69, 9.17) is 4.74 Å². The molecule has 1 aliphatic heterocycles. The summed E-state index contributed by atoms with van der Waals surface area (Å²) >= 11 is 0. The summed E-state index contributed by atoms with van der Waals surface area (Å²) in [6, 6.07) is 13.0. The minimum Gasteiger partial charge on any atom is -0.494 e. The van der Waals surface area contributed by atoms with E-state index >= 15 is 0 Å². The maximum Gasteiger partial charge on any atom is 0.278 e. The van der Waals surface area contributed by atoms with E-state index in [1.807, 2.05) is 6.92 Å². The number of nitrogens with zero attached hydrogens (tertiary/aromatic N) is 2. The monoisotopic (exact) mass is 412 g/mol. The lowest BCUT2D eigenvalue weighted by Crippen LogP contribution is -2.34. The Morgan fingerprint density at radius 3 is 2.40 bits per heavy atom. The van der Waals surface area contributed by atoms with Gasteiger partial charge >= 0.3 is 0 Å². The molecule has 0 atom stereocenters. The van der Waals surface area contributed by atoms with Gasteiger partial charge in [-0.15, -0.1) is 0 Å². The van der Waals surface area contributed by atoms with Crippen LogP contribution in [0, 0.1) is 5.82 Å². The van der Waals surface area contributed by atoms with Crippen molar-refractivity contribution in [3.8, 4) is 5.75 Å². The standard InChI is InChI=1S/C23H25FN2O4/c1-3-14-30-18-10-8-16(9-11-18)20-21(25(2)12-13-27)23(29)26(22(20)28)15-17-6-4-5-7-19(17)24/h4-11,27H,3,12-15H2,1-2H3. The van der Waals surface area contributed by atoms with Crippen LogP contribution < -0.4 is 4.74 Å². The zero-order valence-electron chi connectivity index (χ0n) is 17.1. The number of aliphatic hydroxyl groups excluding tert-OH is 1. The highest BCUT2D eigenvalue weighted by atomic mass is 19.1. The largest absolute Gasteiger partial charge is 0.494 e. The van der Waals surface area contributed by atoms with E-state index in [0.717, 1.165) is 11.3 Å². The third kappa shape index (κ3) is 4.36. The Kier molecular flexibility index (Phi) is 6.84. The SMILES string of the molecule is CCCOc1ccc(C2=C(N(C)CCO)C(=O)N(Cc3ccccc3F)C2=O)cc1. The Labute approximate surface area is 175 Å². The summed E-state index contributed by atoms with van der Waals surface area (Å²) in [5, 5.41) is 9.32. The summed E-state index contributed by atoms with van der Waals surface area (Å²) < 4.78 is 19.7.